The second kappa shape index (κ2) is 4.48. The summed E-state index contributed by atoms with van der Waals surface area (Å²) in [4.78, 5) is 20.7. The van der Waals surface area contributed by atoms with Crippen molar-refractivity contribution < 1.29 is 28.2 Å². The van der Waals surface area contributed by atoms with E-state index in [1.807, 2.05) is 0 Å². The van der Waals surface area contributed by atoms with Crippen LogP contribution < -0.4 is 0 Å². The summed E-state index contributed by atoms with van der Waals surface area (Å²) in [6, 6.07) is 0. The summed E-state index contributed by atoms with van der Waals surface area (Å²) < 4.78 is 29.8. The number of carbonyl (C=O) groups is 2. The third kappa shape index (κ3) is 4.23. The van der Waals surface area contributed by atoms with Gasteiger partial charge in [0.2, 0.25) is 11.3 Å². The molecule has 18 heavy (non-hydrogen) atoms. The first-order valence-electron chi connectivity index (χ1n) is 5.83. The highest BCUT2D eigenvalue weighted by Crippen LogP contribution is 2.41. The zero-order chi connectivity index (χ0) is 14.2. The molecule has 0 atom stereocenters. The molecule has 0 aromatic rings. The van der Waals surface area contributed by atoms with E-state index in [2.05, 4.69) is 0 Å². The van der Waals surface area contributed by atoms with Gasteiger partial charge in [0.25, 0.3) is 0 Å². The van der Waals surface area contributed by atoms with E-state index in [1.54, 1.807) is 20.8 Å². The smallest absolute Gasteiger partial charge is 0.344 e. The minimum atomic E-state index is -1.83. The number of carbonyl (C=O) groups excluding carboxylic acids is 1. The first-order chi connectivity index (χ1) is 7.99. The molecule has 0 radical (unpaired) electrons. The molecule has 0 amide bonds. The molecular weight excluding hydrogens is 246 g/mol. The van der Waals surface area contributed by atoms with Crippen molar-refractivity contribution in [2.24, 2.45) is 0 Å². The van der Waals surface area contributed by atoms with Crippen molar-refractivity contribution >= 4 is 11.9 Å². The number of alkyl halides is 2. The zero-order valence-corrected chi connectivity index (χ0v) is 10.8. The van der Waals surface area contributed by atoms with Gasteiger partial charge in [-0.1, -0.05) is 0 Å². The summed E-state index contributed by atoms with van der Waals surface area (Å²) in [5.74, 6) is -2.02. The van der Waals surface area contributed by atoms with E-state index in [-0.39, 0.29) is 12.8 Å². The maximum Gasteiger partial charge on any atom is 0.344 e. The van der Waals surface area contributed by atoms with Gasteiger partial charge in [-0.3, -0.25) is 0 Å². The monoisotopic (exact) mass is 264 g/mol. The molecule has 2 saturated carbocycles. The third-order valence-corrected chi connectivity index (χ3v) is 2.53. The normalized spacial score (nSPS) is 22.3. The Hall–Kier alpha value is -1.20. The lowest BCUT2D eigenvalue weighted by Crippen LogP contribution is -2.30. The largest absolute Gasteiger partial charge is 0.479 e. The van der Waals surface area contributed by atoms with Gasteiger partial charge in [0.1, 0.15) is 5.60 Å². The van der Waals surface area contributed by atoms with E-state index in [1.165, 1.54) is 0 Å². The molecule has 0 aliphatic heterocycles. The van der Waals surface area contributed by atoms with E-state index in [9.17, 15) is 18.4 Å². The molecule has 1 N–H and O–H groups in total. The molecule has 0 aromatic heterocycles. The van der Waals surface area contributed by atoms with Gasteiger partial charge in [-0.15, -0.1) is 0 Å². The molecule has 0 unspecified atom stereocenters. The van der Waals surface area contributed by atoms with Gasteiger partial charge in [0.05, 0.1) is 0 Å². The van der Waals surface area contributed by atoms with Gasteiger partial charge in [0, 0.05) is 0 Å². The Labute approximate surface area is 104 Å². The van der Waals surface area contributed by atoms with Gasteiger partial charge in [-0.25, -0.2) is 18.4 Å². The zero-order valence-electron chi connectivity index (χ0n) is 10.8. The van der Waals surface area contributed by atoms with E-state index >= 15 is 0 Å². The first-order valence-corrected chi connectivity index (χ1v) is 5.83. The van der Waals surface area contributed by atoms with E-state index in [4.69, 9.17) is 9.84 Å². The van der Waals surface area contributed by atoms with Crippen LogP contribution in [0, 0.1) is 0 Å². The quantitative estimate of drug-likeness (QED) is 0.778. The molecule has 2 aliphatic carbocycles. The van der Waals surface area contributed by atoms with Crippen LogP contribution in [0.5, 0.6) is 0 Å². The van der Waals surface area contributed by atoms with E-state index < -0.39 is 28.9 Å². The van der Waals surface area contributed by atoms with Gasteiger partial charge in [-0.05, 0) is 46.5 Å². The number of carboxylic acid groups (broad SMARTS) is 1. The lowest BCUT2D eigenvalue weighted by molar-refractivity contribution is -0.162. The maximum absolute atomic E-state index is 12.9. The number of ether oxygens (including phenoxy) is 1. The summed E-state index contributed by atoms with van der Waals surface area (Å²) in [6.07, 6.45) is 1.04. The Morgan fingerprint density at radius 3 is 1.61 bits per heavy atom. The topological polar surface area (TPSA) is 63.6 Å². The number of carboxylic acids is 1. The van der Waals surface area contributed by atoms with Crippen molar-refractivity contribution in [2.45, 2.75) is 63.4 Å². The summed E-state index contributed by atoms with van der Waals surface area (Å²) in [6.45, 7) is 5.20. The predicted octanol–water partition coefficient (Wildman–Crippen LogP) is 2.40. The van der Waals surface area contributed by atoms with Crippen LogP contribution in [0.2, 0.25) is 0 Å². The molecule has 0 bridgehead atoms. The Balaban J connectivity index is 0.000000199. The van der Waals surface area contributed by atoms with Crippen LogP contribution in [0.4, 0.5) is 8.78 Å². The average molecular weight is 264 g/mol. The second-order valence-electron chi connectivity index (χ2n) is 5.74. The molecule has 104 valence electrons. The Kier molecular flexibility index (Phi) is 3.70. The lowest BCUT2D eigenvalue weighted by Gasteiger charge is -2.20. The van der Waals surface area contributed by atoms with E-state index in [0.29, 0.717) is 12.8 Å². The minimum absolute atomic E-state index is 0.197. The van der Waals surface area contributed by atoms with Crippen molar-refractivity contribution in [3.05, 3.63) is 0 Å². The number of hydrogen-bond donors (Lipinski definition) is 1. The van der Waals surface area contributed by atoms with Gasteiger partial charge < -0.3 is 9.84 Å². The molecule has 0 aromatic carbocycles. The van der Waals surface area contributed by atoms with Crippen LogP contribution in [-0.4, -0.2) is 34.0 Å². The highest BCUT2D eigenvalue weighted by atomic mass is 19.1. The minimum Gasteiger partial charge on any atom is -0.479 e. The summed E-state index contributed by atoms with van der Waals surface area (Å²) >= 11 is 0. The molecule has 0 saturated heterocycles. The van der Waals surface area contributed by atoms with Gasteiger partial charge >= 0.3 is 11.9 Å². The van der Waals surface area contributed by atoms with Crippen molar-refractivity contribution in [1.29, 1.82) is 0 Å². The van der Waals surface area contributed by atoms with Crippen LogP contribution in [-0.2, 0) is 14.3 Å². The maximum atomic E-state index is 12.9. The molecule has 4 nitrogen and oxygen atoms in total. The Morgan fingerprint density at radius 1 is 1.06 bits per heavy atom. The fourth-order valence-corrected chi connectivity index (χ4v) is 1.01. The molecular formula is C12H18F2O4. The number of rotatable bonds is 2. The average Bonchev–Trinajstić information content (AvgIpc) is 3.05. The molecule has 0 spiro atoms. The molecule has 2 rings (SSSR count). The number of esters is 1. The Morgan fingerprint density at radius 2 is 1.44 bits per heavy atom. The van der Waals surface area contributed by atoms with E-state index in [0.717, 1.165) is 0 Å². The third-order valence-electron chi connectivity index (χ3n) is 2.53. The first kappa shape index (κ1) is 14.9. The standard InChI is InChI=1S/C8H13FO2.C4H5FO2/c1-7(2,3)11-6(10)8(9)4-5-8;5-4(1-2-4)3(6)7/h4-5H2,1-3H3;1-2H2,(H,6,7). The SMILES string of the molecule is CC(C)(C)OC(=O)C1(F)CC1.O=C(O)C1(F)CC1. The second-order valence-corrected chi connectivity index (χ2v) is 5.74. The van der Waals surface area contributed by atoms with Crippen molar-refractivity contribution in [2.75, 3.05) is 0 Å². The van der Waals surface area contributed by atoms with Crippen LogP contribution in [0.1, 0.15) is 46.5 Å². The lowest BCUT2D eigenvalue weighted by atomic mass is 10.2. The van der Waals surface area contributed by atoms with Gasteiger partial charge in [0.15, 0.2) is 0 Å². The summed E-state index contributed by atoms with van der Waals surface area (Å²) in [5.41, 5.74) is -4.05. The summed E-state index contributed by atoms with van der Waals surface area (Å²) in [7, 11) is 0. The molecule has 2 aliphatic rings. The van der Waals surface area contributed by atoms with Crippen LogP contribution in [0.25, 0.3) is 0 Å². The van der Waals surface area contributed by atoms with Gasteiger partial charge in [-0.2, -0.15) is 0 Å². The molecule has 6 heteroatoms. The molecule has 0 heterocycles. The Bertz CT molecular complexity index is 352. The fraction of sp³-hybridized carbons (Fsp3) is 0.833. The van der Waals surface area contributed by atoms with Crippen LogP contribution in [0.3, 0.4) is 0 Å². The molecule has 2 fully saturated rings. The fourth-order valence-electron chi connectivity index (χ4n) is 1.01. The highest BCUT2D eigenvalue weighted by Gasteiger charge is 2.53. The van der Waals surface area contributed by atoms with Crippen molar-refractivity contribution in [1.82, 2.24) is 0 Å². The summed E-state index contributed by atoms with van der Waals surface area (Å²) in [5, 5.41) is 7.94. The van der Waals surface area contributed by atoms with Crippen molar-refractivity contribution in [3.8, 4) is 0 Å². The predicted molar refractivity (Wildman–Crippen MR) is 59.6 cm³/mol. The van der Waals surface area contributed by atoms with Crippen LogP contribution >= 0.6 is 0 Å². The van der Waals surface area contributed by atoms with Crippen molar-refractivity contribution in [3.63, 3.8) is 0 Å². The highest BCUT2D eigenvalue weighted by molar-refractivity contribution is 5.83. The van der Waals surface area contributed by atoms with Crippen LogP contribution in [0.15, 0.2) is 0 Å². The number of halogens is 2. The number of aliphatic carboxylic acids is 1. The number of hydrogen-bond acceptors (Lipinski definition) is 3.